The number of rotatable bonds is 5. The maximum absolute atomic E-state index is 12.8. The first kappa shape index (κ1) is 17.7. The summed E-state index contributed by atoms with van der Waals surface area (Å²) in [5.41, 5.74) is 5.92. The number of para-hydroxylation sites is 1. The quantitative estimate of drug-likeness (QED) is 0.758. The average molecular weight is 373 g/mol. The molecule has 0 aliphatic carbocycles. The first-order valence-corrected chi connectivity index (χ1v) is 8.43. The third kappa shape index (κ3) is 3.45. The highest BCUT2D eigenvalue weighted by molar-refractivity contribution is 8.16. The van der Waals surface area contributed by atoms with Gasteiger partial charge in [-0.3, -0.25) is 19.3 Å². The van der Waals surface area contributed by atoms with Crippen LogP contribution in [0.15, 0.2) is 41.7 Å². The summed E-state index contributed by atoms with van der Waals surface area (Å²) in [6.07, 6.45) is 1.20. The summed E-state index contributed by atoms with van der Waals surface area (Å²) >= 11 is 1.10. The molecule has 1 unspecified atom stereocenters. The molecule has 2 amide bonds. The molecule has 1 aliphatic rings. The molecule has 1 aromatic carbocycles. The van der Waals surface area contributed by atoms with Gasteiger partial charge in [-0.25, -0.2) is 9.98 Å². The summed E-state index contributed by atoms with van der Waals surface area (Å²) in [7, 11) is 1.26. The third-order valence-electron chi connectivity index (χ3n) is 3.60. The summed E-state index contributed by atoms with van der Waals surface area (Å²) in [5.74, 6) is -1.44. The van der Waals surface area contributed by atoms with E-state index in [9.17, 15) is 14.4 Å². The number of methoxy groups -OCH3 is 1. The number of H-pyrrole nitrogens is 1. The molecule has 1 aromatic heterocycles. The van der Waals surface area contributed by atoms with Crippen LogP contribution in [0.5, 0.6) is 0 Å². The van der Waals surface area contributed by atoms with Crippen LogP contribution in [0.25, 0.3) is 0 Å². The number of aromatic nitrogens is 2. The van der Waals surface area contributed by atoms with E-state index >= 15 is 0 Å². The van der Waals surface area contributed by atoms with E-state index in [1.165, 1.54) is 18.3 Å². The zero-order valence-corrected chi connectivity index (χ0v) is 14.5. The molecule has 1 aliphatic heterocycles. The van der Waals surface area contributed by atoms with Gasteiger partial charge in [-0.05, 0) is 12.1 Å². The number of esters is 1. The van der Waals surface area contributed by atoms with E-state index in [1.54, 1.807) is 24.3 Å². The van der Waals surface area contributed by atoms with Gasteiger partial charge in [-0.1, -0.05) is 30.0 Å². The lowest BCUT2D eigenvalue weighted by molar-refractivity contribution is -0.141. The monoisotopic (exact) mass is 373 g/mol. The Bertz CT molecular complexity index is 880. The minimum Gasteiger partial charge on any atom is -0.469 e. The Morgan fingerprint density at radius 1 is 1.38 bits per heavy atom. The van der Waals surface area contributed by atoms with Crippen molar-refractivity contribution in [1.82, 2.24) is 9.97 Å². The van der Waals surface area contributed by atoms with Crippen LogP contribution in [-0.4, -0.2) is 45.3 Å². The highest BCUT2D eigenvalue weighted by Gasteiger charge is 2.40. The Labute approximate surface area is 152 Å². The number of amides is 2. The van der Waals surface area contributed by atoms with Crippen LogP contribution in [0.2, 0.25) is 0 Å². The maximum Gasteiger partial charge on any atom is 0.307 e. The second-order valence-electron chi connectivity index (χ2n) is 5.26. The molecule has 134 valence electrons. The molecule has 1 fully saturated rings. The smallest absolute Gasteiger partial charge is 0.307 e. The molecule has 1 saturated heterocycles. The van der Waals surface area contributed by atoms with Gasteiger partial charge < -0.3 is 15.5 Å². The van der Waals surface area contributed by atoms with Crippen LogP contribution < -0.4 is 10.6 Å². The normalized spacial score (nSPS) is 18.3. The van der Waals surface area contributed by atoms with E-state index in [4.69, 9.17) is 5.73 Å². The molecule has 9 nitrogen and oxygen atoms in total. The predicted molar refractivity (Wildman–Crippen MR) is 96.1 cm³/mol. The lowest BCUT2D eigenvalue weighted by Gasteiger charge is -2.16. The Morgan fingerprint density at radius 3 is 2.77 bits per heavy atom. The van der Waals surface area contributed by atoms with Crippen molar-refractivity contribution >= 4 is 46.2 Å². The summed E-state index contributed by atoms with van der Waals surface area (Å²) in [6.45, 7) is 0. The number of hydrogen-bond donors (Lipinski definition) is 2. The Hall–Kier alpha value is -3.14. The molecule has 2 aromatic rings. The van der Waals surface area contributed by atoms with Crippen molar-refractivity contribution in [2.75, 3.05) is 12.0 Å². The minimum absolute atomic E-state index is 0.0370. The van der Waals surface area contributed by atoms with E-state index in [2.05, 4.69) is 19.7 Å². The second-order valence-corrected chi connectivity index (χ2v) is 6.43. The molecular formula is C16H15N5O4S. The molecule has 2 heterocycles. The number of carbonyl (C=O) groups is 3. The number of aromatic amines is 1. The molecule has 0 spiro atoms. The maximum atomic E-state index is 12.8. The topological polar surface area (TPSA) is 131 Å². The van der Waals surface area contributed by atoms with Gasteiger partial charge >= 0.3 is 5.97 Å². The molecule has 0 bridgehead atoms. The number of nitrogens with zero attached hydrogens (tertiary/aromatic N) is 3. The highest BCUT2D eigenvalue weighted by atomic mass is 32.2. The van der Waals surface area contributed by atoms with Gasteiger partial charge in [-0.15, -0.1) is 0 Å². The van der Waals surface area contributed by atoms with Gasteiger partial charge in [0, 0.05) is 0 Å². The minimum atomic E-state index is -0.714. The van der Waals surface area contributed by atoms with E-state index < -0.39 is 17.1 Å². The van der Waals surface area contributed by atoms with E-state index in [1.807, 2.05) is 6.07 Å². The van der Waals surface area contributed by atoms with Crippen LogP contribution in [0.3, 0.4) is 0 Å². The molecule has 26 heavy (non-hydrogen) atoms. The zero-order valence-electron chi connectivity index (χ0n) is 13.7. The number of nitrogens with one attached hydrogen (secondary N) is 1. The van der Waals surface area contributed by atoms with Gasteiger partial charge in [0.1, 0.15) is 5.25 Å². The number of primary amides is 1. The highest BCUT2D eigenvalue weighted by Crippen LogP contribution is 2.35. The van der Waals surface area contributed by atoms with Gasteiger partial charge in [0.15, 0.2) is 16.7 Å². The number of imidazole rings is 1. The van der Waals surface area contributed by atoms with Crippen LogP contribution in [0.1, 0.15) is 16.9 Å². The summed E-state index contributed by atoms with van der Waals surface area (Å²) in [6, 6.07) is 8.87. The fourth-order valence-electron chi connectivity index (χ4n) is 2.37. The van der Waals surface area contributed by atoms with Gasteiger partial charge in [0.05, 0.1) is 25.5 Å². The van der Waals surface area contributed by atoms with Crippen molar-refractivity contribution in [2.45, 2.75) is 11.7 Å². The van der Waals surface area contributed by atoms with Crippen LogP contribution in [0, 0.1) is 0 Å². The number of ether oxygens (including phenoxy) is 1. The largest absolute Gasteiger partial charge is 0.469 e. The van der Waals surface area contributed by atoms with Gasteiger partial charge in [-0.2, -0.15) is 0 Å². The summed E-state index contributed by atoms with van der Waals surface area (Å²) in [4.78, 5) is 48.2. The van der Waals surface area contributed by atoms with E-state index in [0.717, 1.165) is 11.8 Å². The predicted octanol–water partition coefficient (Wildman–Crippen LogP) is 1.21. The lowest BCUT2D eigenvalue weighted by Crippen LogP contribution is -2.32. The number of amidine groups is 1. The lowest BCUT2D eigenvalue weighted by atomic mass is 10.2. The molecular weight excluding hydrogens is 358 g/mol. The summed E-state index contributed by atoms with van der Waals surface area (Å²) in [5, 5.41) is -0.387. The first-order valence-electron chi connectivity index (χ1n) is 7.55. The fraction of sp³-hybridized carbons (Fsp3) is 0.188. The van der Waals surface area contributed by atoms with E-state index in [-0.39, 0.29) is 23.8 Å². The van der Waals surface area contributed by atoms with Crippen LogP contribution in [0.4, 0.5) is 11.5 Å². The Balaban J connectivity index is 2.01. The zero-order chi connectivity index (χ0) is 18.7. The van der Waals surface area contributed by atoms with Crippen molar-refractivity contribution in [2.24, 2.45) is 10.7 Å². The molecule has 3 N–H and O–H groups in total. The van der Waals surface area contributed by atoms with E-state index in [0.29, 0.717) is 10.9 Å². The Kier molecular flexibility index (Phi) is 5.03. The van der Waals surface area contributed by atoms with Crippen LogP contribution >= 0.6 is 11.8 Å². The SMILES string of the molecule is COC(=O)CC1SC(=Nc2nc[nH]c2C(N)=O)N(c2ccccc2)C1=O. The molecule has 10 heteroatoms. The number of aliphatic imine (C=N–C) groups is 1. The second kappa shape index (κ2) is 7.40. The van der Waals surface area contributed by atoms with Gasteiger partial charge in [0.2, 0.25) is 5.91 Å². The number of carbonyl (C=O) groups excluding carboxylic acids is 3. The Morgan fingerprint density at radius 2 is 2.12 bits per heavy atom. The van der Waals surface area contributed by atoms with Crippen molar-refractivity contribution in [1.29, 1.82) is 0 Å². The third-order valence-corrected chi connectivity index (χ3v) is 4.73. The number of nitrogens with two attached hydrogens (primary N) is 1. The molecule has 3 rings (SSSR count). The molecule has 0 radical (unpaired) electrons. The summed E-state index contributed by atoms with van der Waals surface area (Å²) < 4.78 is 4.65. The van der Waals surface area contributed by atoms with Crippen LogP contribution in [-0.2, 0) is 14.3 Å². The number of thioether (sulfide) groups is 1. The van der Waals surface area contributed by atoms with Crippen molar-refractivity contribution in [3.05, 3.63) is 42.4 Å². The fourth-order valence-corrected chi connectivity index (χ4v) is 3.49. The van der Waals surface area contributed by atoms with Crippen molar-refractivity contribution < 1.29 is 19.1 Å². The average Bonchev–Trinajstić information content (AvgIpc) is 3.21. The van der Waals surface area contributed by atoms with Gasteiger partial charge in [0.25, 0.3) is 5.91 Å². The number of hydrogen-bond acceptors (Lipinski definition) is 7. The number of benzene rings is 1. The molecule has 0 saturated carbocycles. The first-order chi connectivity index (χ1) is 12.5. The van der Waals surface area contributed by atoms with Crippen molar-refractivity contribution in [3.8, 4) is 0 Å². The van der Waals surface area contributed by atoms with Crippen molar-refractivity contribution in [3.63, 3.8) is 0 Å². The standard InChI is InChI=1S/C16H15N5O4S/c1-25-11(22)7-10-15(24)21(9-5-3-2-4-6-9)16(26-10)20-14-12(13(17)23)18-8-19-14/h2-6,8,10H,7H2,1H3,(H2,17,23)(H,18,19). The molecule has 1 atom stereocenters. The number of anilines is 1.